The Morgan fingerprint density at radius 2 is 1.97 bits per heavy atom. The zero-order valence-electron chi connectivity index (χ0n) is 17.7. The Kier molecular flexibility index (Phi) is 5.53. The van der Waals surface area contributed by atoms with Crippen LogP contribution in [0.2, 0.25) is 0 Å². The van der Waals surface area contributed by atoms with Crippen molar-refractivity contribution in [1.29, 1.82) is 0 Å². The molecule has 166 valence electrons. The van der Waals surface area contributed by atoms with Gasteiger partial charge < -0.3 is 29.0 Å². The molecule has 1 aromatic heterocycles. The summed E-state index contributed by atoms with van der Waals surface area (Å²) in [7, 11) is 0. The van der Waals surface area contributed by atoms with Crippen LogP contribution in [0.5, 0.6) is 17.2 Å². The van der Waals surface area contributed by atoms with Crippen molar-refractivity contribution in [2.45, 2.75) is 25.9 Å². The van der Waals surface area contributed by atoms with Crippen LogP contribution in [0, 0.1) is 6.92 Å². The molecule has 0 aliphatic carbocycles. The number of hydrogen-bond donors (Lipinski definition) is 1. The Bertz CT molecular complexity index is 1100. The van der Waals surface area contributed by atoms with Crippen molar-refractivity contribution in [3.63, 3.8) is 0 Å². The average Bonchev–Trinajstić information content (AvgIpc) is 3.48. The summed E-state index contributed by atoms with van der Waals surface area (Å²) in [6.07, 6.45) is 0.770. The van der Waals surface area contributed by atoms with Crippen LogP contribution in [0.25, 0.3) is 0 Å². The van der Waals surface area contributed by atoms with Gasteiger partial charge in [-0.1, -0.05) is 22.9 Å². The summed E-state index contributed by atoms with van der Waals surface area (Å²) in [4.78, 5) is 18.9. The van der Waals surface area contributed by atoms with Gasteiger partial charge in [0.25, 0.3) is 5.89 Å². The molecular formula is C23H24N4O5. The maximum Gasteiger partial charge on any atom is 0.321 e. The lowest BCUT2D eigenvalue weighted by Gasteiger charge is -2.20. The minimum atomic E-state index is -0.171. The van der Waals surface area contributed by atoms with Gasteiger partial charge in [-0.3, -0.25) is 0 Å². The molecule has 2 aliphatic rings. The molecule has 32 heavy (non-hydrogen) atoms. The number of aromatic nitrogens is 2. The maximum atomic E-state index is 12.7. The number of carbonyl (C=O) groups excluding carboxylic acids is 1. The molecular weight excluding hydrogens is 412 g/mol. The van der Waals surface area contributed by atoms with E-state index in [1.165, 1.54) is 5.56 Å². The van der Waals surface area contributed by atoms with Gasteiger partial charge >= 0.3 is 6.03 Å². The first-order valence-corrected chi connectivity index (χ1v) is 10.6. The van der Waals surface area contributed by atoms with Crippen LogP contribution in [-0.2, 0) is 6.61 Å². The van der Waals surface area contributed by atoms with E-state index in [1.807, 2.05) is 31.2 Å². The fourth-order valence-corrected chi connectivity index (χ4v) is 3.75. The highest BCUT2D eigenvalue weighted by atomic mass is 16.6. The van der Waals surface area contributed by atoms with Crippen LogP contribution < -0.4 is 19.5 Å². The number of likely N-dealkylation sites (tertiary alicyclic amines) is 1. The number of fused-ring (bicyclic) bond motifs is 1. The number of rotatable bonds is 5. The summed E-state index contributed by atoms with van der Waals surface area (Å²) in [5.74, 6) is 3.12. The number of anilines is 1. The Balaban J connectivity index is 1.15. The number of nitrogens with zero attached hydrogens (tertiary/aromatic N) is 3. The molecule has 9 heteroatoms. The van der Waals surface area contributed by atoms with E-state index in [0.29, 0.717) is 55.2 Å². The van der Waals surface area contributed by atoms with E-state index in [4.69, 9.17) is 18.7 Å². The van der Waals surface area contributed by atoms with Crippen molar-refractivity contribution < 1.29 is 23.5 Å². The van der Waals surface area contributed by atoms with Crippen LogP contribution in [-0.4, -0.2) is 47.4 Å². The molecule has 9 nitrogen and oxygen atoms in total. The zero-order valence-corrected chi connectivity index (χ0v) is 17.7. The van der Waals surface area contributed by atoms with E-state index >= 15 is 0 Å². The van der Waals surface area contributed by atoms with Gasteiger partial charge in [0.15, 0.2) is 23.9 Å². The first kappa shape index (κ1) is 20.2. The minimum Gasteiger partial charge on any atom is -0.486 e. The number of benzene rings is 2. The topological polar surface area (TPSA) is 99.0 Å². The van der Waals surface area contributed by atoms with E-state index in [0.717, 1.165) is 12.2 Å². The van der Waals surface area contributed by atoms with Crippen LogP contribution in [0.1, 0.15) is 29.6 Å². The summed E-state index contributed by atoms with van der Waals surface area (Å²) >= 11 is 0. The molecule has 0 radical (unpaired) electrons. The van der Waals surface area contributed by atoms with Gasteiger partial charge in [0, 0.05) is 30.8 Å². The number of carbonyl (C=O) groups is 1. The Labute approximate surface area is 185 Å². The number of urea groups is 1. The number of nitrogens with one attached hydrogen (secondary N) is 1. The van der Waals surface area contributed by atoms with E-state index in [1.54, 1.807) is 23.1 Å². The molecule has 2 amide bonds. The standard InChI is InChI=1S/C23H24N4O5/c1-15-2-5-18(6-3-15)31-14-21-25-22(26-32-21)16-8-9-27(13-16)23(28)24-17-4-7-19-20(12-17)30-11-10-29-19/h2-7,12,16H,8-11,13-14H2,1H3,(H,24,28). The van der Waals surface area contributed by atoms with Crippen molar-refractivity contribution in [3.05, 3.63) is 59.7 Å². The molecule has 2 aromatic carbocycles. The average molecular weight is 436 g/mol. The summed E-state index contributed by atoms with van der Waals surface area (Å²) in [6.45, 7) is 4.40. The Morgan fingerprint density at radius 3 is 2.81 bits per heavy atom. The van der Waals surface area contributed by atoms with Crippen molar-refractivity contribution in [3.8, 4) is 17.2 Å². The van der Waals surface area contributed by atoms with Gasteiger partial charge in [0.05, 0.1) is 0 Å². The maximum absolute atomic E-state index is 12.7. The quantitative estimate of drug-likeness (QED) is 0.650. The molecule has 3 aromatic rings. The predicted octanol–water partition coefficient (Wildman–Crippen LogP) is 3.75. The van der Waals surface area contributed by atoms with Crippen LogP contribution in [0.3, 0.4) is 0 Å². The lowest BCUT2D eigenvalue weighted by Crippen LogP contribution is -2.32. The third-order valence-electron chi connectivity index (χ3n) is 5.50. The first-order chi connectivity index (χ1) is 15.6. The van der Waals surface area contributed by atoms with Gasteiger partial charge in [-0.05, 0) is 37.6 Å². The second kappa shape index (κ2) is 8.78. The summed E-state index contributed by atoms with van der Waals surface area (Å²) in [5.41, 5.74) is 1.83. The van der Waals surface area contributed by atoms with Gasteiger partial charge in [-0.2, -0.15) is 4.98 Å². The third-order valence-corrected chi connectivity index (χ3v) is 5.50. The minimum absolute atomic E-state index is 0.0258. The highest BCUT2D eigenvalue weighted by Crippen LogP contribution is 2.33. The highest BCUT2D eigenvalue weighted by Gasteiger charge is 2.31. The Morgan fingerprint density at radius 1 is 1.16 bits per heavy atom. The summed E-state index contributed by atoms with van der Waals surface area (Å²) in [6, 6.07) is 13.0. The fraction of sp³-hybridized carbons (Fsp3) is 0.348. The molecule has 1 atom stereocenters. The second-order valence-electron chi connectivity index (χ2n) is 7.87. The molecule has 3 heterocycles. The van der Waals surface area contributed by atoms with E-state index in [2.05, 4.69) is 15.5 Å². The molecule has 0 spiro atoms. The predicted molar refractivity (Wildman–Crippen MR) is 115 cm³/mol. The van der Waals surface area contributed by atoms with Crippen molar-refractivity contribution in [2.75, 3.05) is 31.6 Å². The lowest BCUT2D eigenvalue weighted by molar-refractivity contribution is 0.171. The van der Waals surface area contributed by atoms with Crippen molar-refractivity contribution in [1.82, 2.24) is 15.0 Å². The molecule has 1 fully saturated rings. The number of aryl methyl sites for hydroxylation is 1. The molecule has 1 N–H and O–H groups in total. The van der Waals surface area contributed by atoms with Crippen molar-refractivity contribution in [2.24, 2.45) is 0 Å². The van der Waals surface area contributed by atoms with Gasteiger partial charge in [0.1, 0.15) is 19.0 Å². The molecule has 0 bridgehead atoms. The van der Waals surface area contributed by atoms with Crippen LogP contribution in [0.4, 0.5) is 10.5 Å². The largest absolute Gasteiger partial charge is 0.486 e. The SMILES string of the molecule is Cc1ccc(OCc2nc(C3CCN(C(=O)Nc4ccc5c(c4)OCCO5)C3)no2)cc1. The fourth-order valence-electron chi connectivity index (χ4n) is 3.75. The number of hydrogen-bond acceptors (Lipinski definition) is 7. The van der Waals surface area contributed by atoms with E-state index in [-0.39, 0.29) is 18.6 Å². The lowest BCUT2D eigenvalue weighted by atomic mass is 10.1. The van der Waals surface area contributed by atoms with Gasteiger partial charge in [0.2, 0.25) is 0 Å². The van der Waals surface area contributed by atoms with Crippen LogP contribution >= 0.6 is 0 Å². The Hall–Kier alpha value is -3.75. The highest BCUT2D eigenvalue weighted by molar-refractivity contribution is 5.90. The number of ether oxygens (including phenoxy) is 3. The number of amides is 2. The third kappa shape index (κ3) is 4.46. The molecule has 5 rings (SSSR count). The monoisotopic (exact) mass is 436 g/mol. The zero-order chi connectivity index (χ0) is 21.9. The molecule has 2 aliphatic heterocycles. The van der Waals surface area contributed by atoms with Crippen molar-refractivity contribution >= 4 is 11.7 Å². The summed E-state index contributed by atoms with van der Waals surface area (Å²) < 4.78 is 22.1. The normalized spacial score (nSPS) is 17.3. The first-order valence-electron chi connectivity index (χ1n) is 10.6. The summed E-state index contributed by atoms with van der Waals surface area (Å²) in [5, 5.41) is 7.02. The second-order valence-corrected chi connectivity index (χ2v) is 7.87. The molecule has 1 unspecified atom stereocenters. The van der Waals surface area contributed by atoms with E-state index in [9.17, 15) is 4.79 Å². The smallest absolute Gasteiger partial charge is 0.321 e. The van der Waals surface area contributed by atoms with Gasteiger partial charge in [-0.25, -0.2) is 4.79 Å². The van der Waals surface area contributed by atoms with E-state index < -0.39 is 0 Å². The van der Waals surface area contributed by atoms with Gasteiger partial charge in [-0.15, -0.1) is 0 Å². The van der Waals surface area contributed by atoms with Crippen LogP contribution in [0.15, 0.2) is 47.0 Å². The molecule has 1 saturated heterocycles. The molecule has 0 saturated carbocycles.